The second-order valence-electron chi connectivity index (χ2n) is 3.30. The van der Waals surface area contributed by atoms with Crippen LogP contribution in [0.3, 0.4) is 0 Å². The van der Waals surface area contributed by atoms with Crippen LogP contribution < -0.4 is 0 Å². The molecule has 0 bridgehead atoms. The zero-order valence-electron chi connectivity index (χ0n) is 8.75. The summed E-state index contributed by atoms with van der Waals surface area (Å²) in [7, 11) is 3.17. The first-order valence-corrected chi connectivity index (χ1v) is 6.86. The fraction of sp³-hybridized carbons (Fsp3) is 1.00. The molecule has 4 nitrogen and oxygen atoms in total. The lowest BCUT2D eigenvalue weighted by atomic mass is 10.1. The van der Waals surface area contributed by atoms with Gasteiger partial charge < -0.3 is 9.47 Å². The number of halogens is 1. The molecule has 0 radical (unpaired) electrons. The van der Waals surface area contributed by atoms with Crippen LogP contribution in [0.2, 0.25) is 0 Å². The van der Waals surface area contributed by atoms with Crippen molar-refractivity contribution in [3.63, 3.8) is 0 Å². The number of ether oxygens (including phenoxy) is 2. The van der Waals surface area contributed by atoms with Gasteiger partial charge in [-0.3, -0.25) is 0 Å². The van der Waals surface area contributed by atoms with Crippen molar-refractivity contribution in [3.8, 4) is 0 Å². The topological polar surface area (TPSA) is 52.6 Å². The maximum absolute atomic E-state index is 10.5. The second kappa shape index (κ2) is 5.90. The molecule has 0 N–H and O–H groups in total. The van der Waals surface area contributed by atoms with Crippen molar-refractivity contribution < 1.29 is 17.9 Å². The van der Waals surface area contributed by atoms with Crippen LogP contribution in [0.4, 0.5) is 0 Å². The van der Waals surface area contributed by atoms with Crippen LogP contribution >= 0.6 is 10.7 Å². The Morgan fingerprint density at radius 1 is 1.43 bits per heavy atom. The maximum Gasteiger partial charge on any atom is 0.234 e. The van der Waals surface area contributed by atoms with Crippen molar-refractivity contribution >= 4 is 19.7 Å². The first-order chi connectivity index (χ1) is 6.33. The van der Waals surface area contributed by atoms with Crippen molar-refractivity contribution in [1.82, 2.24) is 0 Å². The van der Waals surface area contributed by atoms with E-state index >= 15 is 0 Å². The van der Waals surface area contributed by atoms with Gasteiger partial charge in [-0.2, -0.15) is 0 Å². The number of methoxy groups -OCH3 is 1. The molecule has 0 rings (SSSR count). The minimum Gasteiger partial charge on any atom is -0.377 e. The average Bonchev–Trinajstić information content (AvgIpc) is 2.11. The Hall–Kier alpha value is 0.160. The third-order valence-corrected chi connectivity index (χ3v) is 3.24. The van der Waals surface area contributed by atoms with Gasteiger partial charge in [-0.1, -0.05) is 6.92 Å². The summed E-state index contributed by atoms with van der Waals surface area (Å²) in [6, 6.07) is 0. The predicted octanol–water partition coefficient (Wildman–Crippen LogP) is 1.39. The molecule has 14 heavy (non-hydrogen) atoms. The van der Waals surface area contributed by atoms with Crippen molar-refractivity contribution in [3.05, 3.63) is 0 Å². The Labute approximate surface area is 90.0 Å². The van der Waals surface area contributed by atoms with E-state index < -0.39 is 9.05 Å². The second-order valence-corrected chi connectivity index (χ2v) is 6.20. The highest BCUT2D eigenvalue weighted by Crippen LogP contribution is 2.13. The zero-order chi connectivity index (χ0) is 11.2. The van der Waals surface area contributed by atoms with Gasteiger partial charge in [-0.05, 0) is 13.3 Å². The van der Waals surface area contributed by atoms with Crippen molar-refractivity contribution in [2.75, 3.05) is 26.1 Å². The quantitative estimate of drug-likeness (QED) is 0.502. The first-order valence-electron chi connectivity index (χ1n) is 4.38. The van der Waals surface area contributed by atoms with E-state index in [2.05, 4.69) is 0 Å². The molecule has 0 aromatic heterocycles. The molecule has 0 aromatic rings. The minimum absolute atomic E-state index is 0.102. The highest BCUT2D eigenvalue weighted by Gasteiger charge is 2.21. The summed E-state index contributed by atoms with van der Waals surface area (Å²) in [6.45, 7) is 4.35. The summed E-state index contributed by atoms with van der Waals surface area (Å²) < 4.78 is 31.5. The maximum atomic E-state index is 10.5. The Morgan fingerprint density at radius 2 is 2.00 bits per heavy atom. The summed E-state index contributed by atoms with van der Waals surface area (Å²) in [6.07, 6.45) is 0.803. The first kappa shape index (κ1) is 14.2. The summed E-state index contributed by atoms with van der Waals surface area (Å²) in [5.74, 6) is -0.169. The Kier molecular flexibility index (Phi) is 5.97. The van der Waals surface area contributed by atoms with Crippen molar-refractivity contribution in [2.24, 2.45) is 0 Å². The van der Waals surface area contributed by atoms with Crippen LogP contribution in [0, 0.1) is 0 Å². The molecule has 0 amide bonds. The number of rotatable bonds is 7. The van der Waals surface area contributed by atoms with Gasteiger partial charge in [0.05, 0.1) is 24.6 Å². The molecule has 0 aliphatic heterocycles. The fourth-order valence-electron chi connectivity index (χ4n) is 0.752. The highest BCUT2D eigenvalue weighted by molar-refractivity contribution is 8.13. The highest BCUT2D eigenvalue weighted by atomic mass is 35.7. The lowest BCUT2D eigenvalue weighted by molar-refractivity contribution is -0.0622. The molecule has 86 valence electrons. The molecule has 0 aromatic carbocycles. The van der Waals surface area contributed by atoms with E-state index in [1.165, 1.54) is 0 Å². The molecule has 0 aliphatic rings. The predicted molar refractivity (Wildman–Crippen MR) is 56.2 cm³/mol. The molecule has 0 aliphatic carbocycles. The van der Waals surface area contributed by atoms with E-state index in [-0.39, 0.29) is 18.0 Å². The van der Waals surface area contributed by atoms with Crippen molar-refractivity contribution in [1.29, 1.82) is 0 Å². The van der Waals surface area contributed by atoms with Gasteiger partial charge in [0.2, 0.25) is 9.05 Å². The van der Waals surface area contributed by atoms with Gasteiger partial charge >= 0.3 is 0 Å². The van der Waals surface area contributed by atoms with E-state index in [1.807, 2.05) is 13.8 Å². The van der Waals surface area contributed by atoms with E-state index in [9.17, 15) is 8.42 Å². The molecule has 0 heterocycles. The van der Waals surface area contributed by atoms with Gasteiger partial charge in [-0.25, -0.2) is 8.42 Å². The number of hydrogen-bond acceptors (Lipinski definition) is 4. The largest absolute Gasteiger partial charge is 0.377 e. The lowest BCUT2D eigenvalue weighted by Crippen LogP contribution is -2.33. The zero-order valence-corrected chi connectivity index (χ0v) is 10.3. The van der Waals surface area contributed by atoms with Gasteiger partial charge in [0.15, 0.2) is 0 Å². The molecule has 0 saturated carbocycles. The van der Waals surface area contributed by atoms with Crippen LogP contribution in [-0.4, -0.2) is 40.1 Å². The van der Waals surface area contributed by atoms with Crippen LogP contribution in [0.25, 0.3) is 0 Å². The molecule has 0 saturated heterocycles. The van der Waals surface area contributed by atoms with E-state index in [0.29, 0.717) is 6.61 Å². The molecule has 1 atom stereocenters. The van der Waals surface area contributed by atoms with Crippen LogP contribution in [0.1, 0.15) is 20.3 Å². The average molecular weight is 245 g/mol. The minimum atomic E-state index is -3.45. The summed E-state index contributed by atoms with van der Waals surface area (Å²) >= 11 is 0. The van der Waals surface area contributed by atoms with Crippen LogP contribution in [0.5, 0.6) is 0 Å². The normalized spacial score (nSPS) is 16.6. The number of hydrogen-bond donors (Lipinski definition) is 0. The van der Waals surface area contributed by atoms with E-state index in [1.54, 1.807) is 7.11 Å². The molecular formula is C8H17ClO4S. The smallest absolute Gasteiger partial charge is 0.234 e. The monoisotopic (exact) mass is 244 g/mol. The SMILES string of the molecule is CCC(C)(COCCS(=O)(=O)Cl)OC. The molecule has 6 heteroatoms. The Bertz CT molecular complexity index is 246. The van der Waals surface area contributed by atoms with Crippen LogP contribution in [0.15, 0.2) is 0 Å². The summed E-state index contributed by atoms with van der Waals surface area (Å²) in [5.41, 5.74) is -0.351. The van der Waals surface area contributed by atoms with Crippen LogP contribution in [-0.2, 0) is 18.5 Å². The van der Waals surface area contributed by atoms with Crippen molar-refractivity contribution in [2.45, 2.75) is 25.9 Å². The Balaban J connectivity index is 3.74. The molecule has 0 spiro atoms. The lowest BCUT2D eigenvalue weighted by Gasteiger charge is -2.26. The van der Waals surface area contributed by atoms with Gasteiger partial charge in [-0.15, -0.1) is 0 Å². The summed E-state index contributed by atoms with van der Waals surface area (Å²) in [5, 5.41) is 0. The van der Waals surface area contributed by atoms with E-state index in [4.69, 9.17) is 20.2 Å². The molecule has 1 unspecified atom stereocenters. The third kappa shape index (κ3) is 6.59. The third-order valence-electron chi connectivity index (χ3n) is 2.12. The molecular weight excluding hydrogens is 228 g/mol. The van der Waals surface area contributed by atoms with Gasteiger partial charge in [0, 0.05) is 17.8 Å². The van der Waals surface area contributed by atoms with Gasteiger partial charge in [0.1, 0.15) is 0 Å². The Morgan fingerprint density at radius 3 is 2.36 bits per heavy atom. The van der Waals surface area contributed by atoms with Gasteiger partial charge in [0.25, 0.3) is 0 Å². The standard InChI is InChI=1S/C8H17ClO4S/c1-4-8(2,12-3)7-13-5-6-14(9,10)11/h4-7H2,1-3H3. The van der Waals surface area contributed by atoms with E-state index in [0.717, 1.165) is 6.42 Å². The molecule has 0 fully saturated rings. The summed E-state index contributed by atoms with van der Waals surface area (Å²) in [4.78, 5) is 0. The fourth-order valence-corrected chi connectivity index (χ4v) is 1.26.